The van der Waals surface area contributed by atoms with Crippen LogP contribution in [0.1, 0.15) is 37.8 Å². The molecule has 1 aliphatic rings. The van der Waals surface area contributed by atoms with Crippen LogP contribution in [0.3, 0.4) is 0 Å². The fourth-order valence-electron chi connectivity index (χ4n) is 3.36. The number of nitrogens with one attached hydrogen (secondary N) is 2. The molecular formula is C22H27N3O2. The first kappa shape index (κ1) is 19.0. The Morgan fingerprint density at radius 2 is 1.78 bits per heavy atom. The number of benzene rings is 2. The summed E-state index contributed by atoms with van der Waals surface area (Å²) < 4.78 is 0. The Balaban J connectivity index is 1.65. The maximum absolute atomic E-state index is 12.8. The van der Waals surface area contributed by atoms with Gasteiger partial charge in [-0.15, -0.1) is 0 Å². The van der Waals surface area contributed by atoms with Crippen LogP contribution in [0, 0.1) is 0 Å². The molecule has 0 aromatic heterocycles. The van der Waals surface area contributed by atoms with E-state index in [1.54, 1.807) is 0 Å². The summed E-state index contributed by atoms with van der Waals surface area (Å²) in [7, 11) is 0. The van der Waals surface area contributed by atoms with Crippen LogP contribution >= 0.6 is 0 Å². The van der Waals surface area contributed by atoms with Crippen molar-refractivity contribution in [2.24, 2.45) is 0 Å². The molecule has 3 rings (SSSR count). The zero-order chi connectivity index (χ0) is 19.2. The first-order valence-electron chi connectivity index (χ1n) is 9.57. The SMILES string of the molecule is CC(C)NC(=O)Cc1ccc(NC(=O)N2CCCCc3ccccc32)cc1. The first-order valence-corrected chi connectivity index (χ1v) is 9.57. The van der Waals surface area contributed by atoms with Gasteiger partial charge >= 0.3 is 6.03 Å². The second-order valence-corrected chi connectivity index (χ2v) is 7.26. The Labute approximate surface area is 160 Å². The van der Waals surface area contributed by atoms with Crippen molar-refractivity contribution in [3.05, 3.63) is 59.7 Å². The molecule has 1 aliphatic heterocycles. The van der Waals surface area contributed by atoms with Gasteiger partial charge in [-0.25, -0.2) is 4.79 Å². The highest BCUT2D eigenvalue weighted by Gasteiger charge is 2.20. The average molecular weight is 365 g/mol. The predicted molar refractivity (Wildman–Crippen MR) is 109 cm³/mol. The molecule has 5 nitrogen and oxygen atoms in total. The van der Waals surface area contributed by atoms with Crippen molar-refractivity contribution in [1.29, 1.82) is 0 Å². The lowest BCUT2D eigenvalue weighted by molar-refractivity contribution is -0.120. The highest BCUT2D eigenvalue weighted by molar-refractivity contribution is 6.02. The Kier molecular flexibility index (Phi) is 6.12. The standard InChI is InChI=1S/C22H27N3O2/c1-16(2)23-21(26)15-17-10-12-19(13-11-17)24-22(27)25-14-6-5-8-18-7-3-4-9-20(18)25/h3-4,7,9-13,16H,5-6,8,14-15H2,1-2H3,(H,23,26)(H,24,27). The van der Waals surface area contributed by atoms with E-state index >= 15 is 0 Å². The summed E-state index contributed by atoms with van der Waals surface area (Å²) in [6.45, 7) is 4.60. The second-order valence-electron chi connectivity index (χ2n) is 7.26. The topological polar surface area (TPSA) is 61.4 Å². The van der Waals surface area contributed by atoms with Gasteiger partial charge in [0.2, 0.25) is 5.91 Å². The molecule has 1 heterocycles. The summed E-state index contributed by atoms with van der Waals surface area (Å²) in [4.78, 5) is 26.5. The van der Waals surface area contributed by atoms with Gasteiger partial charge in [-0.1, -0.05) is 30.3 Å². The molecule has 0 fully saturated rings. The van der Waals surface area contributed by atoms with E-state index < -0.39 is 0 Å². The minimum absolute atomic E-state index is 0.00274. The minimum Gasteiger partial charge on any atom is -0.354 e. The number of aryl methyl sites for hydroxylation is 1. The number of amides is 3. The molecule has 2 aromatic carbocycles. The van der Waals surface area contributed by atoms with E-state index in [1.165, 1.54) is 5.56 Å². The number of para-hydroxylation sites is 1. The maximum Gasteiger partial charge on any atom is 0.326 e. The van der Waals surface area contributed by atoms with E-state index in [9.17, 15) is 9.59 Å². The van der Waals surface area contributed by atoms with E-state index in [1.807, 2.05) is 61.2 Å². The Hall–Kier alpha value is -2.82. The van der Waals surface area contributed by atoms with E-state index in [0.717, 1.165) is 42.7 Å². The lowest BCUT2D eigenvalue weighted by atomic mass is 10.1. The van der Waals surface area contributed by atoms with Crippen molar-refractivity contribution >= 4 is 23.3 Å². The number of carbonyl (C=O) groups excluding carboxylic acids is 2. The van der Waals surface area contributed by atoms with Gasteiger partial charge < -0.3 is 10.6 Å². The fourth-order valence-corrected chi connectivity index (χ4v) is 3.36. The number of urea groups is 1. The van der Waals surface area contributed by atoms with Crippen LogP contribution in [0.4, 0.5) is 16.2 Å². The van der Waals surface area contributed by atoms with Crippen molar-refractivity contribution in [2.75, 3.05) is 16.8 Å². The number of nitrogens with zero attached hydrogens (tertiary/aromatic N) is 1. The number of anilines is 2. The van der Waals surface area contributed by atoms with Crippen LogP contribution < -0.4 is 15.5 Å². The summed E-state index contributed by atoms with van der Waals surface area (Å²) >= 11 is 0. The first-order chi connectivity index (χ1) is 13.0. The highest BCUT2D eigenvalue weighted by Crippen LogP contribution is 2.26. The fraction of sp³-hybridized carbons (Fsp3) is 0.364. The van der Waals surface area contributed by atoms with Gasteiger partial charge in [-0.2, -0.15) is 0 Å². The third-order valence-electron chi connectivity index (χ3n) is 4.62. The van der Waals surface area contributed by atoms with E-state index in [2.05, 4.69) is 16.7 Å². The number of fused-ring (bicyclic) bond motifs is 1. The van der Waals surface area contributed by atoms with E-state index in [-0.39, 0.29) is 18.0 Å². The molecule has 0 bridgehead atoms. The number of hydrogen-bond donors (Lipinski definition) is 2. The van der Waals surface area contributed by atoms with Crippen LogP contribution in [0.15, 0.2) is 48.5 Å². The van der Waals surface area contributed by atoms with Crippen LogP contribution in [0.2, 0.25) is 0 Å². The molecule has 0 saturated heterocycles. The van der Waals surface area contributed by atoms with Crippen molar-refractivity contribution in [2.45, 2.75) is 45.6 Å². The van der Waals surface area contributed by atoms with E-state index in [4.69, 9.17) is 0 Å². The molecule has 5 heteroatoms. The second kappa shape index (κ2) is 8.71. The summed E-state index contributed by atoms with van der Waals surface area (Å²) in [5.41, 5.74) is 3.87. The molecule has 0 spiro atoms. The zero-order valence-corrected chi connectivity index (χ0v) is 16.0. The van der Waals surface area contributed by atoms with Crippen LogP contribution in [-0.2, 0) is 17.6 Å². The minimum atomic E-state index is -0.116. The molecular weight excluding hydrogens is 338 g/mol. The van der Waals surface area contributed by atoms with Gasteiger partial charge in [-0.05, 0) is 62.4 Å². The molecule has 0 atom stereocenters. The van der Waals surface area contributed by atoms with Crippen LogP contribution in [-0.4, -0.2) is 24.5 Å². The van der Waals surface area contributed by atoms with Crippen molar-refractivity contribution in [3.63, 3.8) is 0 Å². The molecule has 2 N–H and O–H groups in total. The number of hydrogen-bond acceptors (Lipinski definition) is 2. The number of carbonyl (C=O) groups is 2. The average Bonchev–Trinajstić information content (AvgIpc) is 2.85. The van der Waals surface area contributed by atoms with Crippen molar-refractivity contribution in [3.8, 4) is 0 Å². The van der Waals surface area contributed by atoms with Gasteiger partial charge in [0.15, 0.2) is 0 Å². The zero-order valence-electron chi connectivity index (χ0n) is 16.0. The monoisotopic (exact) mass is 365 g/mol. The quantitative estimate of drug-likeness (QED) is 0.856. The summed E-state index contributed by atoms with van der Waals surface area (Å²) in [5.74, 6) is 0.00274. The molecule has 0 radical (unpaired) electrons. The molecule has 0 unspecified atom stereocenters. The Morgan fingerprint density at radius 3 is 2.52 bits per heavy atom. The van der Waals surface area contributed by atoms with Crippen LogP contribution in [0.25, 0.3) is 0 Å². The number of rotatable bonds is 4. The van der Waals surface area contributed by atoms with Crippen molar-refractivity contribution < 1.29 is 9.59 Å². The van der Waals surface area contributed by atoms with Gasteiger partial charge in [0, 0.05) is 24.0 Å². The Morgan fingerprint density at radius 1 is 1.04 bits per heavy atom. The molecule has 2 aromatic rings. The summed E-state index contributed by atoms with van der Waals surface area (Å²) in [5, 5.41) is 5.86. The normalized spacial score (nSPS) is 13.7. The summed E-state index contributed by atoms with van der Waals surface area (Å²) in [6.07, 6.45) is 3.43. The maximum atomic E-state index is 12.8. The largest absolute Gasteiger partial charge is 0.354 e. The Bertz CT molecular complexity index is 799. The third-order valence-corrected chi connectivity index (χ3v) is 4.62. The van der Waals surface area contributed by atoms with Gasteiger partial charge in [0.1, 0.15) is 0 Å². The van der Waals surface area contributed by atoms with Crippen LogP contribution in [0.5, 0.6) is 0 Å². The van der Waals surface area contributed by atoms with E-state index in [0.29, 0.717) is 6.42 Å². The van der Waals surface area contributed by atoms with Gasteiger partial charge in [0.05, 0.1) is 6.42 Å². The highest BCUT2D eigenvalue weighted by atomic mass is 16.2. The molecule has 142 valence electrons. The molecule has 0 saturated carbocycles. The smallest absolute Gasteiger partial charge is 0.326 e. The van der Waals surface area contributed by atoms with Gasteiger partial charge in [-0.3, -0.25) is 9.69 Å². The lowest BCUT2D eigenvalue weighted by Gasteiger charge is -2.23. The third kappa shape index (κ3) is 5.09. The summed E-state index contributed by atoms with van der Waals surface area (Å²) in [6, 6.07) is 15.6. The molecule has 0 aliphatic carbocycles. The van der Waals surface area contributed by atoms with Gasteiger partial charge in [0.25, 0.3) is 0 Å². The molecule has 27 heavy (non-hydrogen) atoms. The molecule has 3 amide bonds. The van der Waals surface area contributed by atoms with Crippen molar-refractivity contribution in [1.82, 2.24) is 5.32 Å². The predicted octanol–water partition coefficient (Wildman–Crippen LogP) is 4.13. The lowest BCUT2D eigenvalue weighted by Crippen LogP contribution is -2.35.